The third kappa shape index (κ3) is 3.82. The standard InChI is InChI=1S/C20H14N4O3/c25-18(10-9-15-6-4-12-26-15)22-17-8-2-1-7-16(17)20-23-19(24-27-20)14-5-3-11-21-13-14/h1-13H,(H,22,25). The maximum Gasteiger partial charge on any atom is 0.260 e. The number of carbonyl (C=O) groups excluding carboxylic acids is 1. The Kier molecular flexibility index (Phi) is 4.57. The van der Waals surface area contributed by atoms with Gasteiger partial charge in [0.25, 0.3) is 5.89 Å². The largest absolute Gasteiger partial charge is 0.465 e. The van der Waals surface area contributed by atoms with Crippen LogP contribution in [0, 0.1) is 0 Å². The van der Waals surface area contributed by atoms with E-state index >= 15 is 0 Å². The summed E-state index contributed by atoms with van der Waals surface area (Å²) in [7, 11) is 0. The van der Waals surface area contributed by atoms with Crippen molar-refractivity contribution in [3.8, 4) is 22.8 Å². The van der Waals surface area contributed by atoms with E-state index in [1.165, 1.54) is 6.08 Å². The number of nitrogens with one attached hydrogen (secondary N) is 1. The number of hydrogen-bond acceptors (Lipinski definition) is 6. The number of hydrogen-bond donors (Lipinski definition) is 1. The summed E-state index contributed by atoms with van der Waals surface area (Å²) in [5.74, 6) is 1.03. The van der Waals surface area contributed by atoms with Crippen LogP contribution in [-0.2, 0) is 4.79 Å². The molecule has 1 N–H and O–H groups in total. The van der Waals surface area contributed by atoms with E-state index in [2.05, 4.69) is 20.4 Å². The molecule has 132 valence electrons. The third-order valence-electron chi connectivity index (χ3n) is 3.70. The van der Waals surface area contributed by atoms with Crippen molar-refractivity contribution in [2.45, 2.75) is 0 Å². The molecular formula is C20H14N4O3. The first kappa shape index (κ1) is 16.5. The lowest BCUT2D eigenvalue weighted by molar-refractivity contribution is -0.111. The Morgan fingerprint density at radius 2 is 2.00 bits per heavy atom. The zero-order valence-electron chi connectivity index (χ0n) is 14.1. The fraction of sp³-hybridized carbons (Fsp3) is 0. The van der Waals surface area contributed by atoms with Crippen LogP contribution in [0.1, 0.15) is 5.76 Å². The molecule has 7 nitrogen and oxygen atoms in total. The van der Waals surface area contributed by atoms with Gasteiger partial charge in [-0.15, -0.1) is 0 Å². The summed E-state index contributed by atoms with van der Waals surface area (Å²) < 4.78 is 10.5. The normalized spacial score (nSPS) is 11.0. The number of furan rings is 1. The van der Waals surface area contributed by atoms with Gasteiger partial charge in [-0.1, -0.05) is 17.3 Å². The Morgan fingerprint density at radius 1 is 1.07 bits per heavy atom. The van der Waals surface area contributed by atoms with Crippen molar-refractivity contribution in [3.63, 3.8) is 0 Å². The molecule has 0 atom stereocenters. The second kappa shape index (κ2) is 7.49. The molecule has 3 aromatic heterocycles. The van der Waals surface area contributed by atoms with E-state index in [0.717, 1.165) is 5.56 Å². The lowest BCUT2D eigenvalue weighted by atomic mass is 10.1. The van der Waals surface area contributed by atoms with Crippen molar-refractivity contribution in [1.29, 1.82) is 0 Å². The highest BCUT2D eigenvalue weighted by Gasteiger charge is 2.14. The number of pyridine rings is 1. The van der Waals surface area contributed by atoms with E-state index in [0.29, 0.717) is 28.7 Å². The molecule has 0 saturated heterocycles. The molecule has 0 aliphatic carbocycles. The summed E-state index contributed by atoms with van der Waals surface area (Å²) >= 11 is 0. The summed E-state index contributed by atoms with van der Waals surface area (Å²) in [5, 5.41) is 6.80. The molecule has 3 heterocycles. The molecule has 27 heavy (non-hydrogen) atoms. The number of para-hydroxylation sites is 1. The summed E-state index contributed by atoms with van der Waals surface area (Å²) in [6, 6.07) is 14.4. The Hall–Kier alpha value is -4.00. The number of carbonyl (C=O) groups is 1. The summed E-state index contributed by atoms with van der Waals surface area (Å²) in [4.78, 5) is 20.7. The van der Waals surface area contributed by atoms with Crippen molar-refractivity contribution in [2.24, 2.45) is 0 Å². The first-order chi connectivity index (χ1) is 13.3. The predicted octanol–water partition coefficient (Wildman–Crippen LogP) is 4.04. The van der Waals surface area contributed by atoms with Crippen LogP contribution in [-0.4, -0.2) is 21.0 Å². The van der Waals surface area contributed by atoms with Gasteiger partial charge in [0.15, 0.2) is 0 Å². The average molecular weight is 358 g/mol. The van der Waals surface area contributed by atoms with E-state index in [1.807, 2.05) is 18.2 Å². The third-order valence-corrected chi connectivity index (χ3v) is 3.70. The molecular weight excluding hydrogens is 344 g/mol. The number of nitrogens with zero attached hydrogens (tertiary/aromatic N) is 3. The number of anilines is 1. The first-order valence-electron chi connectivity index (χ1n) is 8.16. The minimum absolute atomic E-state index is 0.300. The van der Waals surface area contributed by atoms with Crippen molar-refractivity contribution >= 4 is 17.7 Å². The van der Waals surface area contributed by atoms with Gasteiger partial charge in [0.2, 0.25) is 11.7 Å². The van der Waals surface area contributed by atoms with Gasteiger partial charge in [0.1, 0.15) is 5.76 Å². The zero-order valence-corrected chi connectivity index (χ0v) is 14.1. The number of rotatable bonds is 5. The lowest BCUT2D eigenvalue weighted by Gasteiger charge is -2.06. The lowest BCUT2D eigenvalue weighted by Crippen LogP contribution is -2.08. The van der Waals surface area contributed by atoms with Crippen LogP contribution in [0.3, 0.4) is 0 Å². The van der Waals surface area contributed by atoms with Gasteiger partial charge in [-0.25, -0.2) is 0 Å². The van der Waals surface area contributed by atoms with E-state index < -0.39 is 0 Å². The molecule has 1 amide bonds. The van der Waals surface area contributed by atoms with Gasteiger partial charge in [0, 0.05) is 24.0 Å². The van der Waals surface area contributed by atoms with Gasteiger partial charge in [-0.3, -0.25) is 9.78 Å². The topological polar surface area (TPSA) is 94.1 Å². The fourth-order valence-corrected chi connectivity index (χ4v) is 2.44. The summed E-state index contributed by atoms with van der Waals surface area (Å²) in [5.41, 5.74) is 1.93. The monoisotopic (exact) mass is 358 g/mol. The molecule has 7 heteroatoms. The summed E-state index contributed by atoms with van der Waals surface area (Å²) in [6.45, 7) is 0. The van der Waals surface area contributed by atoms with Crippen molar-refractivity contribution < 1.29 is 13.7 Å². The van der Waals surface area contributed by atoms with Crippen molar-refractivity contribution in [1.82, 2.24) is 15.1 Å². The average Bonchev–Trinajstić information content (AvgIpc) is 3.40. The van der Waals surface area contributed by atoms with Crippen LogP contribution in [0.2, 0.25) is 0 Å². The second-order valence-electron chi connectivity index (χ2n) is 5.55. The maximum atomic E-state index is 12.2. The molecule has 1 aromatic carbocycles. The Bertz CT molecular complexity index is 1070. The predicted molar refractivity (Wildman–Crippen MR) is 99.3 cm³/mol. The number of benzene rings is 1. The van der Waals surface area contributed by atoms with Gasteiger partial charge in [-0.2, -0.15) is 4.98 Å². The minimum Gasteiger partial charge on any atom is -0.465 e. The van der Waals surface area contributed by atoms with Crippen LogP contribution in [0.15, 0.2) is 82.2 Å². The van der Waals surface area contributed by atoms with E-state index in [-0.39, 0.29) is 5.91 Å². The zero-order chi connectivity index (χ0) is 18.5. The smallest absolute Gasteiger partial charge is 0.260 e. The SMILES string of the molecule is O=C(C=Cc1ccco1)Nc1ccccc1-c1nc(-c2cccnc2)no1. The highest BCUT2D eigenvalue weighted by molar-refractivity contribution is 6.03. The van der Waals surface area contributed by atoms with Gasteiger partial charge in [-0.05, 0) is 42.5 Å². The Balaban J connectivity index is 1.56. The molecule has 0 fully saturated rings. The maximum absolute atomic E-state index is 12.2. The molecule has 0 aliphatic heterocycles. The molecule has 0 saturated carbocycles. The molecule has 0 radical (unpaired) electrons. The number of amides is 1. The fourth-order valence-electron chi connectivity index (χ4n) is 2.44. The van der Waals surface area contributed by atoms with Gasteiger partial charge >= 0.3 is 0 Å². The van der Waals surface area contributed by atoms with Crippen LogP contribution in [0.25, 0.3) is 28.9 Å². The quantitative estimate of drug-likeness (QED) is 0.541. The van der Waals surface area contributed by atoms with E-state index in [4.69, 9.17) is 8.94 Å². The minimum atomic E-state index is -0.300. The van der Waals surface area contributed by atoms with Crippen molar-refractivity contribution in [2.75, 3.05) is 5.32 Å². The van der Waals surface area contributed by atoms with Crippen LogP contribution >= 0.6 is 0 Å². The van der Waals surface area contributed by atoms with Gasteiger partial charge < -0.3 is 14.3 Å². The first-order valence-corrected chi connectivity index (χ1v) is 8.16. The van der Waals surface area contributed by atoms with E-state index in [1.54, 1.807) is 55.1 Å². The highest BCUT2D eigenvalue weighted by Crippen LogP contribution is 2.28. The molecule has 4 rings (SSSR count). The van der Waals surface area contributed by atoms with Gasteiger partial charge in [0.05, 0.1) is 17.5 Å². The summed E-state index contributed by atoms with van der Waals surface area (Å²) in [6.07, 6.45) is 7.85. The second-order valence-corrected chi connectivity index (χ2v) is 5.55. The molecule has 0 spiro atoms. The van der Waals surface area contributed by atoms with Crippen LogP contribution in [0.5, 0.6) is 0 Å². The molecule has 0 aliphatic rings. The van der Waals surface area contributed by atoms with Crippen molar-refractivity contribution in [3.05, 3.63) is 79.0 Å². The van der Waals surface area contributed by atoms with Crippen LogP contribution < -0.4 is 5.32 Å². The Morgan fingerprint density at radius 3 is 2.81 bits per heavy atom. The highest BCUT2D eigenvalue weighted by atomic mass is 16.5. The number of aromatic nitrogens is 3. The Labute approximate surface area is 154 Å². The van der Waals surface area contributed by atoms with Crippen LogP contribution in [0.4, 0.5) is 5.69 Å². The van der Waals surface area contributed by atoms with E-state index in [9.17, 15) is 4.79 Å². The molecule has 0 bridgehead atoms. The molecule has 4 aromatic rings. The molecule has 0 unspecified atom stereocenters.